The van der Waals surface area contributed by atoms with Crippen molar-refractivity contribution in [1.29, 1.82) is 0 Å². The smallest absolute Gasteiger partial charge is 0.191 e. The fourth-order valence-electron chi connectivity index (χ4n) is 2.23. The van der Waals surface area contributed by atoms with E-state index < -0.39 is 0 Å². The highest BCUT2D eigenvalue weighted by Crippen LogP contribution is 2.29. The fraction of sp³-hybridized carbons (Fsp3) is 0.375. The van der Waals surface area contributed by atoms with Gasteiger partial charge >= 0.3 is 0 Å². The standard InChI is InChI=1S/C16H21N3O2S/c1-20-14-9-8-13(10-15(14)21-2)18-16(22)19-17-11-12-6-4-3-5-7-12/h3-4,8-12H,5-7H2,1-2H3,(H2,18,19,22)/b17-11-/t12-/m1/s1. The molecule has 0 amide bonds. The van der Waals surface area contributed by atoms with Crippen LogP contribution in [0.15, 0.2) is 35.5 Å². The van der Waals surface area contributed by atoms with Crippen molar-refractivity contribution in [3.63, 3.8) is 0 Å². The van der Waals surface area contributed by atoms with Crippen LogP contribution in [0.3, 0.4) is 0 Å². The maximum atomic E-state index is 5.25. The third-order valence-electron chi connectivity index (χ3n) is 3.40. The van der Waals surface area contributed by atoms with Crippen molar-refractivity contribution in [3.05, 3.63) is 30.4 Å². The zero-order valence-corrected chi connectivity index (χ0v) is 13.7. The van der Waals surface area contributed by atoms with Crippen molar-refractivity contribution in [2.24, 2.45) is 11.0 Å². The number of nitrogens with zero attached hydrogens (tertiary/aromatic N) is 1. The Hall–Kier alpha value is -2.08. The number of hydrogen-bond donors (Lipinski definition) is 2. The van der Waals surface area contributed by atoms with E-state index in [2.05, 4.69) is 28.0 Å². The number of allylic oxidation sites excluding steroid dienone is 2. The number of benzene rings is 1. The van der Waals surface area contributed by atoms with Crippen molar-refractivity contribution < 1.29 is 9.47 Å². The Morgan fingerprint density at radius 3 is 2.77 bits per heavy atom. The van der Waals surface area contributed by atoms with E-state index in [1.807, 2.05) is 24.4 Å². The molecule has 0 radical (unpaired) electrons. The van der Waals surface area contributed by atoms with E-state index in [-0.39, 0.29) is 0 Å². The molecule has 118 valence electrons. The topological polar surface area (TPSA) is 54.9 Å². The molecule has 2 rings (SSSR count). The van der Waals surface area contributed by atoms with Crippen LogP contribution < -0.4 is 20.2 Å². The number of nitrogens with one attached hydrogen (secondary N) is 2. The van der Waals surface area contributed by atoms with Gasteiger partial charge in [-0.2, -0.15) is 5.10 Å². The molecular weight excluding hydrogens is 298 g/mol. The minimum absolute atomic E-state index is 0.440. The van der Waals surface area contributed by atoms with Crippen molar-refractivity contribution in [2.75, 3.05) is 19.5 Å². The number of hydrogen-bond acceptors (Lipinski definition) is 4. The molecule has 0 heterocycles. The number of methoxy groups -OCH3 is 2. The lowest BCUT2D eigenvalue weighted by atomic mass is 9.96. The Balaban J connectivity index is 1.86. The van der Waals surface area contributed by atoms with Crippen molar-refractivity contribution in [1.82, 2.24) is 5.43 Å². The van der Waals surface area contributed by atoms with Crippen molar-refractivity contribution >= 4 is 29.2 Å². The second-order valence-corrected chi connectivity index (χ2v) is 5.37. The van der Waals surface area contributed by atoms with E-state index in [0.717, 1.165) is 24.9 Å². The first-order valence-electron chi connectivity index (χ1n) is 7.20. The van der Waals surface area contributed by atoms with Gasteiger partial charge in [0.05, 0.1) is 14.2 Å². The monoisotopic (exact) mass is 319 g/mol. The van der Waals surface area contributed by atoms with Crippen LogP contribution in [0.5, 0.6) is 11.5 Å². The first-order chi connectivity index (χ1) is 10.7. The first-order valence-corrected chi connectivity index (χ1v) is 7.61. The normalized spacial score (nSPS) is 17.3. The minimum atomic E-state index is 0.440. The van der Waals surface area contributed by atoms with E-state index in [1.165, 1.54) is 0 Å². The third-order valence-corrected chi connectivity index (χ3v) is 3.60. The average molecular weight is 319 g/mol. The van der Waals surface area contributed by atoms with Crippen LogP contribution >= 0.6 is 12.2 Å². The van der Waals surface area contributed by atoms with Gasteiger partial charge in [-0.05, 0) is 49.5 Å². The quantitative estimate of drug-likeness (QED) is 0.377. The predicted octanol–water partition coefficient (Wildman–Crippen LogP) is 3.33. The van der Waals surface area contributed by atoms with Gasteiger partial charge in [-0.1, -0.05) is 12.2 Å². The number of hydrazone groups is 1. The van der Waals surface area contributed by atoms with Crippen LogP contribution in [0.25, 0.3) is 0 Å². The molecule has 5 nitrogen and oxygen atoms in total. The molecule has 2 N–H and O–H groups in total. The molecule has 1 aliphatic rings. The fourth-order valence-corrected chi connectivity index (χ4v) is 2.40. The van der Waals surface area contributed by atoms with Gasteiger partial charge in [-0.15, -0.1) is 0 Å². The summed E-state index contributed by atoms with van der Waals surface area (Å²) in [6.45, 7) is 0. The largest absolute Gasteiger partial charge is 0.493 e. The second kappa shape index (κ2) is 8.38. The molecule has 1 aromatic rings. The van der Waals surface area contributed by atoms with Crippen LogP contribution in [-0.2, 0) is 0 Å². The van der Waals surface area contributed by atoms with Gasteiger partial charge in [0.25, 0.3) is 0 Å². The molecule has 6 heteroatoms. The molecule has 1 atom stereocenters. The summed E-state index contributed by atoms with van der Waals surface area (Å²) in [7, 11) is 3.20. The SMILES string of the molecule is COc1ccc(NC(=S)N/N=C\[C@@H]2CC=CCC2)cc1OC. The van der Waals surface area contributed by atoms with Crippen LogP contribution in [0.2, 0.25) is 0 Å². The highest BCUT2D eigenvalue weighted by molar-refractivity contribution is 7.80. The van der Waals surface area contributed by atoms with Crippen LogP contribution in [0.1, 0.15) is 19.3 Å². The zero-order chi connectivity index (χ0) is 15.8. The molecule has 0 unspecified atom stereocenters. The van der Waals surface area contributed by atoms with Gasteiger partial charge in [-0.3, -0.25) is 5.43 Å². The summed E-state index contributed by atoms with van der Waals surface area (Å²) in [5.74, 6) is 1.81. The van der Waals surface area contributed by atoms with Gasteiger partial charge in [0.2, 0.25) is 0 Å². The van der Waals surface area contributed by atoms with Gasteiger partial charge in [0.1, 0.15) is 0 Å². The van der Waals surface area contributed by atoms with Gasteiger partial charge in [0.15, 0.2) is 16.6 Å². The van der Waals surface area contributed by atoms with E-state index in [1.54, 1.807) is 14.2 Å². The molecule has 0 spiro atoms. The molecule has 0 bridgehead atoms. The molecule has 1 aromatic carbocycles. The summed E-state index contributed by atoms with van der Waals surface area (Å²) in [6, 6.07) is 5.51. The Morgan fingerprint density at radius 2 is 2.09 bits per heavy atom. The van der Waals surface area contributed by atoms with E-state index in [9.17, 15) is 0 Å². The maximum absolute atomic E-state index is 5.25. The molecular formula is C16H21N3O2S. The van der Waals surface area contributed by atoms with Gasteiger partial charge in [-0.25, -0.2) is 0 Å². The second-order valence-electron chi connectivity index (χ2n) is 4.96. The van der Waals surface area contributed by atoms with Crippen LogP contribution in [0.4, 0.5) is 5.69 Å². The maximum Gasteiger partial charge on any atom is 0.191 e. The summed E-state index contributed by atoms with van der Waals surface area (Å²) < 4.78 is 10.5. The average Bonchev–Trinajstić information content (AvgIpc) is 2.55. The lowest BCUT2D eigenvalue weighted by Crippen LogP contribution is -2.24. The van der Waals surface area contributed by atoms with E-state index >= 15 is 0 Å². The highest BCUT2D eigenvalue weighted by Gasteiger charge is 2.07. The number of ether oxygens (including phenoxy) is 2. The lowest BCUT2D eigenvalue weighted by molar-refractivity contribution is 0.355. The summed E-state index contributed by atoms with van der Waals surface area (Å²) in [6.07, 6.45) is 9.62. The molecule has 0 aliphatic heterocycles. The Bertz CT molecular complexity index is 573. The molecule has 0 aromatic heterocycles. The Kier molecular flexibility index (Phi) is 6.21. The van der Waals surface area contributed by atoms with Crippen LogP contribution in [-0.4, -0.2) is 25.5 Å². The summed E-state index contributed by atoms with van der Waals surface area (Å²) in [5.41, 5.74) is 3.65. The number of anilines is 1. The molecule has 0 fully saturated rings. The van der Waals surface area contributed by atoms with E-state index in [0.29, 0.717) is 22.5 Å². The zero-order valence-electron chi connectivity index (χ0n) is 12.8. The summed E-state index contributed by atoms with van der Waals surface area (Å²) >= 11 is 5.22. The number of rotatable bonds is 5. The number of thiocarbonyl (C=S) groups is 1. The minimum Gasteiger partial charge on any atom is -0.493 e. The summed E-state index contributed by atoms with van der Waals surface area (Å²) in [4.78, 5) is 0. The van der Waals surface area contributed by atoms with E-state index in [4.69, 9.17) is 21.7 Å². The van der Waals surface area contributed by atoms with Crippen LogP contribution in [0, 0.1) is 5.92 Å². The molecule has 0 saturated carbocycles. The Labute approximate surface area is 136 Å². The summed E-state index contributed by atoms with van der Waals surface area (Å²) in [5, 5.41) is 7.70. The molecule has 1 aliphatic carbocycles. The van der Waals surface area contributed by atoms with Gasteiger partial charge < -0.3 is 14.8 Å². The predicted molar refractivity (Wildman–Crippen MR) is 93.9 cm³/mol. The lowest BCUT2D eigenvalue weighted by Gasteiger charge is -2.13. The highest BCUT2D eigenvalue weighted by atomic mass is 32.1. The third kappa shape index (κ3) is 4.73. The molecule has 22 heavy (non-hydrogen) atoms. The molecule has 0 saturated heterocycles. The Morgan fingerprint density at radius 1 is 1.27 bits per heavy atom. The first kappa shape index (κ1) is 16.3. The van der Waals surface area contributed by atoms with Crippen molar-refractivity contribution in [2.45, 2.75) is 19.3 Å². The van der Waals surface area contributed by atoms with Crippen molar-refractivity contribution in [3.8, 4) is 11.5 Å². The van der Waals surface area contributed by atoms with Gasteiger partial charge in [0, 0.05) is 18.0 Å².